The van der Waals surface area contributed by atoms with Crippen LogP contribution in [0.3, 0.4) is 0 Å². The first kappa shape index (κ1) is 32.2. The van der Waals surface area contributed by atoms with Crippen molar-refractivity contribution in [3.8, 4) is 0 Å². The van der Waals surface area contributed by atoms with Gasteiger partial charge in [-0.15, -0.1) is 0 Å². The van der Waals surface area contributed by atoms with Crippen LogP contribution in [0.2, 0.25) is 5.02 Å². The standard InChI is InChI=1S/C21H20ClN5.3ClH.Nd/c1-15(24-26-18-9-5-3-6-10-18)20-13-17(22)14-21(23-20)16(2)25-27-19-11-7-4-8-12-19;;;;/h3-14,26-27H,1-2H3;3*1H;/q;;;;+3/p-3. The van der Waals surface area contributed by atoms with E-state index in [0.29, 0.717) is 16.4 Å². The van der Waals surface area contributed by atoms with Crippen molar-refractivity contribution in [2.75, 3.05) is 10.9 Å². The maximum absolute atomic E-state index is 6.28. The molecule has 0 aliphatic carbocycles. The number of hydrogen-bond donors (Lipinski definition) is 2. The van der Waals surface area contributed by atoms with Gasteiger partial charge in [0.05, 0.1) is 34.2 Å². The monoisotopic (exact) mass is 624 g/mol. The van der Waals surface area contributed by atoms with E-state index in [2.05, 4.69) is 26.0 Å². The van der Waals surface area contributed by atoms with E-state index in [4.69, 9.17) is 11.6 Å². The molecular formula is C21H20Cl4N5Nd. The van der Waals surface area contributed by atoms with Gasteiger partial charge in [0.1, 0.15) is 0 Å². The third kappa shape index (κ3) is 10.5. The molecule has 0 fully saturated rings. The second-order valence-corrected chi connectivity index (χ2v) is 6.34. The van der Waals surface area contributed by atoms with Crippen molar-refractivity contribution in [1.29, 1.82) is 0 Å². The van der Waals surface area contributed by atoms with Gasteiger partial charge >= 0.3 is 40.8 Å². The summed E-state index contributed by atoms with van der Waals surface area (Å²) < 4.78 is 0. The Bertz CT molecular complexity index is 894. The molecule has 0 aliphatic heterocycles. The second kappa shape index (κ2) is 16.6. The number of nitrogens with one attached hydrogen (secondary N) is 2. The molecule has 0 bridgehead atoms. The van der Waals surface area contributed by atoms with Crippen LogP contribution in [0, 0.1) is 40.8 Å². The van der Waals surface area contributed by atoms with Crippen molar-refractivity contribution < 1.29 is 78.1 Å². The molecule has 5 nitrogen and oxygen atoms in total. The van der Waals surface area contributed by atoms with Gasteiger partial charge in [0, 0.05) is 5.02 Å². The minimum Gasteiger partial charge on any atom is -1.00 e. The Kier molecular flexibility index (Phi) is 17.3. The largest absolute Gasteiger partial charge is 3.00 e. The molecule has 1 radical (unpaired) electrons. The number of rotatable bonds is 6. The van der Waals surface area contributed by atoms with Gasteiger partial charge in [0.25, 0.3) is 0 Å². The summed E-state index contributed by atoms with van der Waals surface area (Å²) in [5.74, 6) is 0. The van der Waals surface area contributed by atoms with Gasteiger partial charge in [-0.05, 0) is 50.2 Å². The fourth-order valence-corrected chi connectivity index (χ4v) is 2.51. The minimum absolute atomic E-state index is 0. The summed E-state index contributed by atoms with van der Waals surface area (Å²) in [5, 5.41) is 9.36. The molecule has 0 atom stereocenters. The van der Waals surface area contributed by atoms with Gasteiger partial charge in [-0.2, -0.15) is 10.2 Å². The molecule has 161 valence electrons. The van der Waals surface area contributed by atoms with Crippen LogP contribution in [0.25, 0.3) is 0 Å². The predicted octanol–water partition coefficient (Wildman–Crippen LogP) is -3.58. The van der Waals surface area contributed by atoms with Crippen LogP contribution in [0.5, 0.6) is 0 Å². The van der Waals surface area contributed by atoms with Gasteiger partial charge in [-0.25, -0.2) is 4.98 Å². The van der Waals surface area contributed by atoms with Gasteiger partial charge < -0.3 is 37.2 Å². The molecule has 31 heavy (non-hydrogen) atoms. The van der Waals surface area contributed by atoms with Gasteiger partial charge in [-0.1, -0.05) is 48.0 Å². The molecule has 0 unspecified atom stereocenters. The van der Waals surface area contributed by atoms with Crippen molar-refractivity contribution in [2.45, 2.75) is 13.8 Å². The molecule has 2 aromatic carbocycles. The average molecular weight is 628 g/mol. The number of anilines is 2. The zero-order chi connectivity index (χ0) is 19.1. The fourth-order valence-electron chi connectivity index (χ4n) is 2.30. The predicted molar refractivity (Wildman–Crippen MR) is 114 cm³/mol. The van der Waals surface area contributed by atoms with E-state index in [-0.39, 0.29) is 78.1 Å². The molecule has 10 heteroatoms. The number of aromatic nitrogens is 1. The third-order valence-corrected chi connectivity index (χ3v) is 4.00. The summed E-state index contributed by atoms with van der Waals surface area (Å²) in [6, 6.07) is 23.0. The van der Waals surface area contributed by atoms with E-state index in [1.165, 1.54) is 0 Å². The normalized spacial score (nSPS) is 10.4. The Balaban J connectivity index is 0. The SMILES string of the molecule is CC(=NNc1ccccc1)c1cc(Cl)cc(C(C)=NNc2ccccc2)n1.[Cl-].[Cl-].[Cl-].[Nd+3]. The van der Waals surface area contributed by atoms with E-state index in [1.807, 2.05) is 74.5 Å². The number of hydrazone groups is 2. The summed E-state index contributed by atoms with van der Waals surface area (Å²) in [6.07, 6.45) is 0. The molecule has 3 rings (SSSR count). The second-order valence-electron chi connectivity index (χ2n) is 5.91. The number of halogens is 4. The number of hydrogen-bond acceptors (Lipinski definition) is 5. The van der Waals surface area contributed by atoms with E-state index >= 15 is 0 Å². The van der Waals surface area contributed by atoms with E-state index in [0.717, 1.165) is 22.8 Å². The summed E-state index contributed by atoms with van der Waals surface area (Å²) in [5.41, 5.74) is 10.7. The summed E-state index contributed by atoms with van der Waals surface area (Å²) in [4.78, 5) is 4.63. The Morgan fingerprint density at radius 1 is 0.710 bits per heavy atom. The Hall–Kier alpha value is -0.959. The minimum atomic E-state index is 0. The zero-order valence-corrected chi connectivity index (χ0v) is 23.0. The first-order valence-corrected chi connectivity index (χ1v) is 8.88. The smallest absolute Gasteiger partial charge is 1.00 e. The Labute approximate surface area is 239 Å². The van der Waals surface area contributed by atoms with Crippen LogP contribution in [-0.2, 0) is 0 Å². The van der Waals surface area contributed by atoms with Crippen LogP contribution in [0.1, 0.15) is 25.2 Å². The van der Waals surface area contributed by atoms with Gasteiger partial charge in [0.2, 0.25) is 0 Å². The molecular weight excluding hydrogens is 608 g/mol. The maximum atomic E-state index is 6.28. The van der Waals surface area contributed by atoms with Crippen LogP contribution in [-0.4, -0.2) is 16.4 Å². The maximum Gasteiger partial charge on any atom is 3.00 e. The average Bonchev–Trinajstić information content (AvgIpc) is 2.71. The summed E-state index contributed by atoms with van der Waals surface area (Å²) in [7, 11) is 0. The molecule has 0 saturated heterocycles. The number of nitrogens with zero attached hydrogens (tertiary/aromatic N) is 3. The van der Waals surface area contributed by atoms with Crippen LogP contribution >= 0.6 is 11.6 Å². The van der Waals surface area contributed by atoms with Crippen LogP contribution in [0.4, 0.5) is 11.4 Å². The van der Waals surface area contributed by atoms with Crippen molar-refractivity contribution in [3.05, 3.63) is 89.2 Å². The van der Waals surface area contributed by atoms with Crippen LogP contribution in [0.15, 0.2) is 83.0 Å². The molecule has 2 N–H and O–H groups in total. The summed E-state index contributed by atoms with van der Waals surface area (Å²) >= 11 is 6.28. The quantitative estimate of drug-likeness (QED) is 0.220. The molecule has 0 aliphatic rings. The number of benzene rings is 2. The topological polar surface area (TPSA) is 61.7 Å². The number of pyridine rings is 1. The van der Waals surface area contributed by atoms with Crippen molar-refractivity contribution in [1.82, 2.24) is 4.98 Å². The first-order chi connectivity index (χ1) is 13.1. The van der Waals surface area contributed by atoms with Gasteiger partial charge in [0.15, 0.2) is 0 Å². The molecule has 0 amide bonds. The van der Waals surface area contributed by atoms with Gasteiger partial charge in [-0.3, -0.25) is 10.9 Å². The van der Waals surface area contributed by atoms with Crippen molar-refractivity contribution >= 4 is 34.4 Å². The van der Waals surface area contributed by atoms with Crippen molar-refractivity contribution in [3.63, 3.8) is 0 Å². The van der Waals surface area contributed by atoms with E-state index in [1.54, 1.807) is 12.1 Å². The molecule has 0 spiro atoms. The zero-order valence-electron chi connectivity index (χ0n) is 16.8. The van der Waals surface area contributed by atoms with E-state index in [9.17, 15) is 0 Å². The summed E-state index contributed by atoms with van der Waals surface area (Å²) in [6.45, 7) is 3.76. The van der Waals surface area contributed by atoms with Crippen molar-refractivity contribution in [2.24, 2.45) is 10.2 Å². The molecule has 3 aromatic rings. The van der Waals surface area contributed by atoms with E-state index < -0.39 is 0 Å². The molecule has 0 saturated carbocycles. The number of para-hydroxylation sites is 2. The Morgan fingerprint density at radius 3 is 1.42 bits per heavy atom. The Morgan fingerprint density at radius 2 is 1.06 bits per heavy atom. The third-order valence-electron chi connectivity index (χ3n) is 3.78. The molecule has 1 aromatic heterocycles. The fraction of sp³-hybridized carbons (Fsp3) is 0.0952. The van der Waals surface area contributed by atoms with Crippen LogP contribution < -0.4 is 48.1 Å². The molecule has 1 heterocycles. The first-order valence-electron chi connectivity index (χ1n) is 8.51.